The number of nitrogens with zero attached hydrogens (tertiary/aromatic N) is 1. The SMILES string of the molecule is CCOC(=O)c1sc(CC(=O)/C(C#N)=C/c2ccc(-c3cc(Cl)ccc3C)o2)c(C(=O)OCC)c1C. The van der Waals surface area contributed by atoms with Crippen LogP contribution in [0, 0.1) is 25.2 Å². The van der Waals surface area contributed by atoms with Gasteiger partial charge in [-0.15, -0.1) is 11.3 Å². The number of benzene rings is 1. The summed E-state index contributed by atoms with van der Waals surface area (Å²) in [6.07, 6.45) is 1.09. The molecular weight excluding hydrogens is 502 g/mol. The monoisotopic (exact) mass is 525 g/mol. The zero-order chi connectivity index (χ0) is 26.4. The summed E-state index contributed by atoms with van der Waals surface area (Å²) in [5, 5.41) is 10.2. The highest BCUT2D eigenvalue weighted by atomic mass is 35.5. The van der Waals surface area contributed by atoms with Gasteiger partial charge in [0.2, 0.25) is 0 Å². The van der Waals surface area contributed by atoms with Crippen molar-refractivity contribution in [3.05, 3.63) is 73.1 Å². The first-order chi connectivity index (χ1) is 17.2. The van der Waals surface area contributed by atoms with Gasteiger partial charge in [-0.2, -0.15) is 5.26 Å². The van der Waals surface area contributed by atoms with Gasteiger partial charge in [-0.1, -0.05) is 17.7 Å². The molecule has 0 saturated heterocycles. The third-order valence-electron chi connectivity index (χ3n) is 5.28. The number of ether oxygens (including phenoxy) is 2. The average Bonchev–Trinajstić information content (AvgIpc) is 3.43. The molecule has 3 rings (SSSR count). The molecule has 36 heavy (non-hydrogen) atoms. The summed E-state index contributed by atoms with van der Waals surface area (Å²) < 4.78 is 16.0. The van der Waals surface area contributed by atoms with Crippen molar-refractivity contribution in [3.8, 4) is 17.4 Å². The van der Waals surface area contributed by atoms with Crippen LogP contribution in [0.3, 0.4) is 0 Å². The fraction of sp³-hybridized carbons (Fsp3) is 0.259. The first-order valence-electron chi connectivity index (χ1n) is 11.2. The predicted molar refractivity (Wildman–Crippen MR) is 137 cm³/mol. The second-order valence-electron chi connectivity index (χ2n) is 7.73. The number of carbonyl (C=O) groups excluding carboxylic acids is 3. The number of Topliss-reactive ketones (excluding diaryl/α,β-unsaturated/α-hetero) is 1. The molecule has 0 radical (unpaired) electrons. The Morgan fingerprint density at radius 1 is 1.08 bits per heavy atom. The molecule has 0 amide bonds. The summed E-state index contributed by atoms with van der Waals surface area (Å²) in [6.45, 7) is 7.16. The van der Waals surface area contributed by atoms with Crippen molar-refractivity contribution in [2.75, 3.05) is 13.2 Å². The van der Waals surface area contributed by atoms with E-state index in [9.17, 15) is 19.6 Å². The highest BCUT2D eigenvalue weighted by molar-refractivity contribution is 7.14. The van der Waals surface area contributed by atoms with Gasteiger partial charge in [-0.05, 0) is 63.1 Å². The van der Waals surface area contributed by atoms with Gasteiger partial charge in [-0.25, -0.2) is 9.59 Å². The number of rotatable bonds is 9. The number of aryl methyl sites for hydroxylation is 1. The minimum atomic E-state index is -0.639. The Morgan fingerprint density at radius 3 is 2.44 bits per heavy atom. The molecule has 0 N–H and O–H groups in total. The lowest BCUT2D eigenvalue weighted by Crippen LogP contribution is -2.12. The number of esters is 2. The zero-order valence-corrected chi connectivity index (χ0v) is 21.8. The molecule has 2 aromatic heterocycles. The van der Waals surface area contributed by atoms with Crippen LogP contribution in [0.1, 0.15) is 55.6 Å². The van der Waals surface area contributed by atoms with Crippen LogP contribution in [-0.4, -0.2) is 30.9 Å². The number of furan rings is 1. The topological polar surface area (TPSA) is 107 Å². The molecule has 0 saturated carbocycles. The summed E-state index contributed by atoms with van der Waals surface area (Å²) in [5.74, 6) is -0.894. The minimum Gasteiger partial charge on any atom is -0.462 e. The van der Waals surface area contributed by atoms with E-state index in [-0.39, 0.29) is 35.6 Å². The molecule has 9 heteroatoms. The smallest absolute Gasteiger partial charge is 0.348 e. The Hall–Kier alpha value is -3.67. The molecule has 0 bridgehead atoms. The Morgan fingerprint density at radius 2 is 1.78 bits per heavy atom. The van der Waals surface area contributed by atoms with Gasteiger partial charge in [0.15, 0.2) is 5.78 Å². The Kier molecular flexibility index (Phi) is 8.86. The molecule has 0 fully saturated rings. The average molecular weight is 526 g/mol. The van der Waals surface area contributed by atoms with Crippen LogP contribution in [0.4, 0.5) is 0 Å². The van der Waals surface area contributed by atoms with Gasteiger partial charge in [0.1, 0.15) is 22.5 Å². The number of carbonyl (C=O) groups is 3. The van der Waals surface area contributed by atoms with E-state index in [4.69, 9.17) is 25.5 Å². The maximum atomic E-state index is 13.1. The highest BCUT2D eigenvalue weighted by Crippen LogP contribution is 2.32. The van der Waals surface area contributed by atoms with E-state index in [1.807, 2.05) is 19.1 Å². The van der Waals surface area contributed by atoms with Gasteiger partial charge in [0.25, 0.3) is 0 Å². The van der Waals surface area contributed by atoms with Gasteiger partial charge in [0.05, 0.1) is 24.4 Å². The van der Waals surface area contributed by atoms with E-state index >= 15 is 0 Å². The van der Waals surface area contributed by atoms with Crippen molar-refractivity contribution in [3.63, 3.8) is 0 Å². The predicted octanol–water partition coefficient (Wildman–Crippen LogP) is 6.35. The molecule has 0 spiro atoms. The number of hydrogen-bond donors (Lipinski definition) is 0. The molecule has 7 nitrogen and oxygen atoms in total. The summed E-state index contributed by atoms with van der Waals surface area (Å²) in [5.41, 5.74) is 2.13. The minimum absolute atomic E-state index is 0.131. The van der Waals surface area contributed by atoms with Crippen molar-refractivity contribution >= 4 is 46.7 Å². The largest absolute Gasteiger partial charge is 0.462 e. The number of ketones is 1. The van der Waals surface area contributed by atoms with E-state index in [0.29, 0.717) is 27.0 Å². The maximum absolute atomic E-state index is 13.1. The Balaban J connectivity index is 1.92. The fourth-order valence-electron chi connectivity index (χ4n) is 3.55. The van der Waals surface area contributed by atoms with Crippen molar-refractivity contribution in [1.82, 2.24) is 0 Å². The van der Waals surface area contributed by atoms with E-state index in [0.717, 1.165) is 22.5 Å². The van der Waals surface area contributed by atoms with Crippen LogP contribution in [-0.2, 0) is 20.7 Å². The molecule has 0 aliphatic rings. The summed E-state index contributed by atoms with van der Waals surface area (Å²) in [6, 6.07) is 10.7. The summed E-state index contributed by atoms with van der Waals surface area (Å²) >= 11 is 7.09. The highest BCUT2D eigenvalue weighted by Gasteiger charge is 2.28. The van der Waals surface area contributed by atoms with Crippen LogP contribution in [0.15, 0.2) is 40.3 Å². The molecule has 0 aliphatic heterocycles. The van der Waals surface area contributed by atoms with E-state index in [1.165, 1.54) is 6.08 Å². The second-order valence-corrected chi connectivity index (χ2v) is 9.27. The molecule has 1 aromatic carbocycles. The molecular formula is C27H24ClNO6S. The first-order valence-corrected chi connectivity index (χ1v) is 12.4. The number of hydrogen-bond acceptors (Lipinski definition) is 8. The van der Waals surface area contributed by atoms with Crippen molar-refractivity contribution in [2.24, 2.45) is 0 Å². The Labute approximate surface area is 217 Å². The van der Waals surface area contributed by atoms with Gasteiger partial charge >= 0.3 is 11.9 Å². The molecule has 0 unspecified atom stereocenters. The number of nitriles is 1. The lowest BCUT2D eigenvalue weighted by atomic mass is 10.0. The van der Waals surface area contributed by atoms with Crippen LogP contribution in [0.5, 0.6) is 0 Å². The lowest BCUT2D eigenvalue weighted by molar-refractivity contribution is -0.114. The summed E-state index contributed by atoms with van der Waals surface area (Å²) in [4.78, 5) is 38.6. The van der Waals surface area contributed by atoms with Crippen molar-refractivity contribution in [1.29, 1.82) is 5.26 Å². The number of allylic oxidation sites excluding steroid dienone is 1. The normalized spacial score (nSPS) is 11.2. The molecule has 0 atom stereocenters. The third-order valence-corrected chi connectivity index (χ3v) is 6.79. The number of halogens is 1. The standard InChI is InChI=1S/C27H24ClNO6S/c1-5-33-26(31)24-16(4)25(27(32)34-6-2)36-23(24)13-21(30)17(14-29)11-19-9-10-22(35-19)20-12-18(28)8-7-15(20)3/h7-12H,5-6,13H2,1-4H3/b17-11+. The van der Waals surface area contributed by atoms with Crippen LogP contribution < -0.4 is 0 Å². The third kappa shape index (κ3) is 5.93. The lowest BCUT2D eigenvalue weighted by Gasteiger charge is -2.05. The Bertz CT molecular complexity index is 1390. The maximum Gasteiger partial charge on any atom is 0.348 e. The molecule has 186 valence electrons. The van der Waals surface area contributed by atoms with Gasteiger partial charge in [0, 0.05) is 28.0 Å². The second kappa shape index (κ2) is 11.8. The van der Waals surface area contributed by atoms with Crippen LogP contribution in [0.2, 0.25) is 5.02 Å². The van der Waals surface area contributed by atoms with E-state index in [1.54, 1.807) is 45.0 Å². The molecule has 3 aromatic rings. The van der Waals surface area contributed by atoms with Gasteiger partial charge < -0.3 is 13.9 Å². The molecule has 2 heterocycles. The van der Waals surface area contributed by atoms with Crippen molar-refractivity contribution in [2.45, 2.75) is 34.1 Å². The zero-order valence-electron chi connectivity index (χ0n) is 20.3. The summed E-state index contributed by atoms with van der Waals surface area (Å²) in [7, 11) is 0. The molecule has 0 aliphatic carbocycles. The van der Waals surface area contributed by atoms with Crippen LogP contribution >= 0.6 is 22.9 Å². The van der Waals surface area contributed by atoms with E-state index in [2.05, 4.69) is 0 Å². The van der Waals surface area contributed by atoms with Crippen LogP contribution in [0.25, 0.3) is 17.4 Å². The first kappa shape index (κ1) is 26.9. The quantitative estimate of drug-likeness (QED) is 0.182. The van der Waals surface area contributed by atoms with E-state index < -0.39 is 17.7 Å². The van der Waals surface area contributed by atoms with Gasteiger partial charge in [-0.3, -0.25) is 4.79 Å². The van der Waals surface area contributed by atoms with Crippen molar-refractivity contribution < 1.29 is 28.3 Å². The number of thiophene rings is 1. The fourth-order valence-corrected chi connectivity index (χ4v) is 4.91.